The quantitative estimate of drug-likeness (QED) is 0.705. The van der Waals surface area contributed by atoms with E-state index < -0.39 is 0 Å². The molecule has 2 aromatic rings. The highest BCUT2D eigenvalue weighted by Gasteiger charge is 2.05. The first kappa shape index (κ1) is 11.8. The lowest BCUT2D eigenvalue weighted by Crippen LogP contribution is -2.36. The first-order valence-corrected chi connectivity index (χ1v) is 6.26. The normalized spacial score (nSPS) is 10.5. The minimum atomic E-state index is 1.10. The summed E-state index contributed by atoms with van der Waals surface area (Å²) in [4.78, 5) is 0. The van der Waals surface area contributed by atoms with Crippen LogP contribution in [0.25, 0.3) is 0 Å². The van der Waals surface area contributed by atoms with Gasteiger partial charge in [-0.25, -0.2) is 4.57 Å². The van der Waals surface area contributed by atoms with E-state index in [4.69, 9.17) is 0 Å². The van der Waals surface area contributed by atoms with Crippen LogP contribution in [-0.2, 0) is 13.0 Å². The zero-order valence-corrected chi connectivity index (χ0v) is 10.7. The maximum atomic E-state index is 2.33. The van der Waals surface area contributed by atoms with Gasteiger partial charge in [0.1, 0.15) is 6.54 Å². The molecule has 0 aliphatic carbocycles. The number of aromatic nitrogens is 1. The largest absolute Gasteiger partial charge is 0.203 e. The Bertz CT molecular complexity index is 474. The lowest BCUT2D eigenvalue weighted by Gasteiger charge is -2.02. The molecule has 0 aliphatic heterocycles. The fraction of sp³-hybridized carbons (Fsp3) is 0.312. The Morgan fingerprint density at radius 1 is 1.00 bits per heavy atom. The van der Waals surface area contributed by atoms with Crippen molar-refractivity contribution in [2.75, 3.05) is 0 Å². The SMILES string of the molecule is Cc1cc[n+](CCCc2ccccc2)c(C)c1. The van der Waals surface area contributed by atoms with E-state index >= 15 is 0 Å². The minimum absolute atomic E-state index is 1.10. The first-order valence-electron chi connectivity index (χ1n) is 6.26. The van der Waals surface area contributed by atoms with Crippen LogP contribution in [0, 0.1) is 13.8 Å². The van der Waals surface area contributed by atoms with E-state index in [9.17, 15) is 0 Å². The molecule has 1 aromatic heterocycles. The summed E-state index contributed by atoms with van der Waals surface area (Å²) in [6.45, 7) is 5.41. The summed E-state index contributed by atoms with van der Waals surface area (Å²) in [5.41, 5.74) is 4.11. The van der Waals surface area contributed by atoms with Gasteiger partial charge in [-0.1, -0.05) is 30.3 Å². The molecule has 0 aliphatic rings. The number of benzene rings is 1. The Labute approximate surface area is 104 Å². The van der Waals surface area contributed by atoms with Gasteiger partial charge in [-0.05, 0) is 24.5 Å². The summed E-state index contributed by atoms with van der Waals surface area (Å²) in [6.07, 6.45) is 4.54. The molecule has 17 heavy (non-hydrogen) atoms. The molecule has 0 unspecified atom stereocenters. The van der Waals surface area contributed by atoms with E-state index in [1.807, 2.05) is 0 Å². The van der Waals surface area contributed by atoms with Crippen molar-refractivity contribution in [1.82, 2.24) is 0 Å². The van der Waals surface area contributed by atoms with Gasteiger partial charge in [-0.15, -0.1) is 0 Å². The van der Waals surface area contributed by atoms with E-state index in [1.165, 1.54) is 23.2 Å². The molecule has 0 N–H and O–H groups in total. The third-order valence-electron chi connectivity index (χ3n) is 3.11. The molecule has 0 amide bonds. The summed E-state index contributed by atoms with van der Waals surface area (Å²) < 4.78 is 2.33. The van der Waals surface area contributed by atoms with E-state index in [-0.39, 0.29) is 0 Å². The van der Waals surface area contributed by atoms with Gasteiger partial charge in [0.05, 0.1) is 0 Å². The predicted octanol–water partition coefficient (Wildman–Crippen LogP) is 3.22. The highest BCUT2D eigenvalue weighted by Crippen LogP contribution is 2.03. The molecule has 0 bridgehead atoms. The van der Waals surface area contributed by atoms with Crippen LogP contribution in [0.1, 0.15) is 23.2 Å². The van der Waals surface area contributed by atoms with Gasteiger partial charge < -0.3 is 0 Å². The Balaban J connectivity index is 1.90. The smallest absolute Gasteiger partial charge is 0.178 e. The summed E-state index contributed by atoms with van der Waals surface area (Å²) in [5.74, 6) is 0. The molecule has 0 radical (unpaired) electrons. The van der Waals surface area contributed by atoms with Crippen LogP contribution in [0.3, 0.4) is 0 Å². The topological polar surface area (TPSA) is 3.88 Å². The third kappa shape index (κ3) is 3.42. The van der Waals surface area contributed by atoms with Crippen LogP contribution in [-0.4, -0.2) is 0 Å². The van der Waals surface area contributed by atoms with Crippen molar-refractivity contribution in [1.29, 1.82) is 0 Å². The van der Waals surface area contributed by atoms with Gasteiger partial charge in [-0.3, -0.25) is 0 Å². The Hall–Kier alpha value is -1.63. The number of nitrogens with zero attached hydrogens (tertiary/aromatic N) is 1. The van der Waals surface area contributed by atoms with Gasteiger partial charge in [0.25, 0.3) is 0 Å². The maximum absolute atomic E-state index is 2.33. The van der Waals surface area contributed by atoms with E-state index in [0.717, 1.165) is 13.0 Å². The molecule has 0 fully saturated rings. The molecule has 2 rings (SSSR count). The Morgan fingerprint density at radius 2 is 1.76 bits per heavy atom. The average Bonchev–Trinajstić information content (AvgIpc) is 2.33. The second-order valence-corrected chi connectivity index (χ2v) is 4.63. The molecule has 0 atom stereocenters. The number of pyridine rings is 1. The van der Waals surface area contributed by atoms with Crippen LogP contribution in [0.4, 0.5) is 0 Å². The molecule has 0 saturated heterocycles. The first-order chi connectivity index (χ1) is 8.25. The van der Waals surface area contributed by atoms with Gasteiger partial charge in [-0.2, -0.15) is 0 Å². The van der Waals surface area contributed by atoms with Crippen LogP contribution in [0.5, 0.6) is 0 Å². The number of hydrogen-bond acceptors (Lipinski definition) is 0. The second-order valence-electron chi connectivity index (χ2n) is 4.63. The van der Waals surface area contributed by atoms with Crippen molar-refractivity contribution >= 4 is 0 Å². The van der Waals surface area contributed by atoms with Gasteiger partial charge in [0, 0.05) is 25.5 Å². The molecule has 1 heterocycles. The van der Waals surface area contributed by atoms with E-state index in [2.05, 4.69) is 67.1 Å². The molecular formula is C16H20N+. The van der Waals surface area contributed by atoms with E-state index in [0.29, 0.717) is 0 Å². The Kier molecular flexibility index (Phi) is 3.92. The molecule has 1 nitrogen and oxygen atoms in total. The molecule has 1 aromatic carbocycles. The van der Waals surface area contributed by atoms with Crippen molar-refractivity contribution in [3.05, 3.63) is 65.5 Å². The Morgan fingerprint density at radius 3 is 2.47 bits per heavy atom. The zero-order valence-electron chi connectivity index (χ0n) is 10.7. The fourth-order valence-electron chi connectivity index (χ4n) is 2.13. The summed E-state index contributed by atoms with van der Waals surface area (Å²) in [5, 5.41) is 0. The van der Waals surface area contributed by atoms with Gasteiger partial charge >= 0.3 is 0 Å². The molecular weight excluding hydrogens is 206 g/mol. The van der Waals surface area contributed by atoms with Crippen molar-refractivity contribution < 1.29 is 4.57 Å². The van der Waals surface area contributed by atoms with Crippen molar-refractivity contribution in [2.24, 2.45) is 0 Å². The van der Waals surface area contributed by atoms with Crippen molar-refractivity contribution in [3.63, 3.8) is 0 Å². The predicted molar refractivity (Wildman–Crippen MR) is 70.9 cm³/mol. The standard InChI is InChI=1S/C16H20N/c1-14-10-12-17(15(2)13-14)11-6-9-16-7-4-3-5-8-16/h3-5,7-8,10,12-13H,6,9,11H2,1-2H3/q+1. The average molecular weight is 226 g/mol. The fourth-order valence-corrected chi connectivity index (χ4v) is 2.13. The monoisotopic (exact) mass is 226 g/mol. The van der Waals surface area contributed by atoms with Crippen LogP contribution >= 0.6 is 0 Å². The van der Waals surface area contributed by atoms with Gasteiger partial charge in [0.15, 0.2) is 11.9 Å². The number of aryl methyl sites for hydroxylation is 4. The molecule has 88 valence electrons. The molecule has 0 saturated carbocycles. The van der Waals surface area contributed by atoms with Crippen LogP contribution in [0.2, 0.25) is 0 Å². The van der Waals surface area contributed by atoms with Crippen LogP contribution < -0.4 is 4.57 Å². The van der Waals surface area contributed by atoms with Crippen molar-refractivity contribution in [3.8, 4) is 0 Å². The summed E-state index contributed by atoms with van der Waals surface area (Å²) in [6, 6.07) is 15.1. The lowest BCUT2D eigenvalue weighted by molar-refractivity contribution is -0.703. The zero-order chi connectivity index (χ0) is 12.1. The minimum Gasteiger partial charge on any atom is -0.203 e. The lowest BCUT2D eigenvalue weighted by atomic mass is 10.1. The van der Waals surface area contributed by atoms with Gasteiger partial charge in [0.2, 0.25) is 0 Å². The summed E-state index contributed by atoms with van der Waals surface area (Å²) in [7, 11) is 0. The number of rotatable bonds is 4. The third-order valence-corrected chi connectivity index (χ3v) is 3.11. The summed E-state index contributed by atoms with van der Waals surface area (Å²) >= 11 is 0. The number of hydrogen-bond donors (Lipinski definition) is 0. The maximum Gasteiger partial charge on any atom is 0.178 e. The van der Waals surface area contributed by atoms with E-state index in [1.54, 1.807) is 0 Å². The highest BCUT2D eigenvalue weighted by molar-refractivity contribution is 5.14. The van der Waals surface area contributed by atoms with Crippen LogP contribution in [0.15, 0.2) is 48.7 Å². The highest BCUT2D eigenvalue weighted by atomic mass is 14.9. The molecule has 1 heteroatoms. The van der Waals surface area contributed by atoms with Crippen molar-refractivity contribution in [2.45, 2.75) is 33.2 Å². The second kappa shape index (κ2) is 5.62. The molecule has 0 spiro atoms.